The van der Waals surface area contributed by atoms with Gasteiger partial charge in [0.05, 0.1) is 0 Å². The number of anilines is 2. The van der Waals surface area contributed by atoms with Crippen LogP contribution in [0.5, 0.6) is 0 Å². The van der Waals surface area contributed by atoms with Gasteiger partial charge in [-0.25, -0.2) is 0 Å². The molecule has 1 amide bonds. The quantitative estimate of drug-likeness (QED) is 0.454. The van der Waals surface area contributed by atoms with Crippen molar-refractivity contribution in [3.8, 4) is 0 Å². The van der Waals surface area contributed by atoms with Crippen LogP contribution in [0.3, 0.4) is 0 Å². The van der Waals surface area contributed by atoms with Crippen LogP contribution in [0.4, 0.5) is 11.4 Å². The molecular weight excluding hydrogens is 344 g/mol. The molecule has 0 unspecified atom stereocenters. The smallest absolute Gasteiger partial charge is 0.255 e. The summed E-state index contributed by atoms with van der Waals surface area (Å²) in [6.07, 6.45) is 0. The molecule has 0 saturated carbocycles. The van der Waals surface area contributed by atoms with Crippen LogP contribution in [-0.2, 0) is 6.54 Å². The van der Waals surface area contributed by atoms with E-state index in [0.29, 0.717) is 5.56 Å². The first-order valence-corrected chi connectivity index (χ1v) is 9.38. The minimum absolute atomic E-state index is 0.102. The van der Waals surface area contributed by atoms with E-state index in [9.17, 15) is 4.79 Å². The van der Waals surface area contributed by atoms with Crippen LogP contribution in [0, 0.1) is 6.92 Å². The van der Waals surface area contributed by atoms with Crippen molar-refractivity contribution in [2.45, 2.75) is 13.5 Å². The van der Waals surface area contributed by atoms with Crippen molar-refractivity contribution in [3.05, 3.63) is 108 Å². The lowest BCUT2D eigenvalue weighted by Gasteiger charge is -2.14. The molecule has 3 heteroatoms. The summed E-state index contributed by atoms with van der Waals surface area (Å²) in [7, 11) is 0. The predicted octanol–water partition coefficient (Wildman–Crippen LogP) is 6.01. The molecule has 4 rings (SSSR count). The summed E-state index contributed by atoms with van der Waals surface area (Å²) >= 11 is 0. The number of fused-ring (bicyclic) bond motifs is 1. The van der Waals surface area contributed by atoms with Gasteiger partial charge >= 0.3 is 0 Å². The highest BCUT2D eigenvalue weighted by molar-refractivity contribution is 6.05. The maximum Gasteiger partial charge on any atom is 0.255 e. The van der Waals surface area contributed by atoms with Crippen molar-refractivity contribution < 1.29 is 4.79 Å². The molecule has 0 bridgehead atoms. The van der Waals surface area contributed by atoms with Crippen LogP contribution < -0.4 is 10.6 Å². The van der Waals surface area contributed by atoms with Crippen molar-refractivity contribution in [1.82, 2.24) is 0 Å². The average Bonchev–Trinajstić information content (AvgIpc) is 2.75. The lowest BCUT2D eigenvalue weighted by atomic mass is 10.1. The molecule has 4 aromatic carbocycles. The van der Waals surface area contributed by atoms with Crippen molar-refractivity contribution in [3.63, 3.8) is 0 Å². The molecule has 0 heterocycles. The highest BCUT2D eigenvalue weighted by Gasteiger charge is 2.09. The topological polar surface area (TPSA) is 41.1 Å². The van der Waals surface area contributed by atoms with Crippen LogP contribution in [0.1, 0.15) is 21.5 Å². The fraction of sp³-hybridized carbons (Fsp3) is 0.0800. The minimum atomic E-state index is -0.102. The Morgan fingerprint density at radius 3 is 2.29 bits per heavy atom. The summed E-state index contributed by atoms with van der Waals surface area (Å²) in [5.41, 5.74) is 4.72. The number of carbonyl (C=O) groups is 1. The molecule has 3 nitrogen and oxygen atoms in total. The Morgan fingerprint density at radius 1 is 0.750 bits per heavy atom. The van der Waals surface area contributed by atoms with Gasteiger partial charge < -0.3 is 10.6 Å². The first-order valence-electron chi connectivity index (χ1n) is 9.38. The van der Waals surface area contributed by atoms with Crippen molar-refractivity contribution in [1.29, 1.82) is 0 Å². The summed E-state index contributed by atoms with van der Waals surface area (Å²) in [5.74, 6) is -0.102. The lowest BCUT2D eigenvalue weighted by Crippen LogP contribution is -2.13. The molecule has 4 aromatic rings. The Balaban J connectivity index is 1.49. The van der Waals surface area contributed by atoms with Crippen LogP contribution in [-0.4, -0.2) is 5.91 Å². The Hall–Kier alpha value is -3.59. The van der Waals surface area contributed by atoms with E-state index >= 15 is 0 Å². The van der Waals surface area contributed by atoms with E-state index in [1.54, 1.807) is 0 Å². The van der Waals surface area contributed by atoms with Gasteiger partial charge in [-0.3, -0.25) is 4.79 Å². The number of benzene rings is 4. The highest BCUT2D eigenvalue weighted by atomic mass is 16.1. The molecule has 0 aliphatic carbocycles. The zero-order valence-electron chi connectivity index (χ0n) is 15.8. The number of amides is 1. The van der Waals surface area contributed by atoms with Crippen molar-refractivity contribution >= 4 is 28.1 Å². The Labute approximate surface area is 165 Å². The van der Waals surface area contributed by atoms with Gasteiger partial charge in [-0.1, -0.05) is 60.7 Å². The summed E-state index contributed by atoms with van der Waals surface area (Å²) < 4.78 is 0. The second-order valence-corrected chi connectivity index (χ2v) is 6.83. The average molecular weight is 366 g/mol. The lowest BCUT2D eigenvalue weighted by molar-refractivity contribution is 0.102. The number of rotatable bonds is 5. The fourth-order valence-electron chi connectivity index (χ4n) is 3.29. The number of carbonyl (C=O) groups excluding carboxylic acids is 1. The summed E-state index contributed by atoms with van der Waals surface area (Å²) in [6, 6.07) is 30.0. The van der Waals surface area contributed by atoms with Crippen LogP contribution in [0.25, 0.3) is 10.8 Å². The van der Waals surface area contributed by atoms with E-state index in [4.69, 9.17) is 0 Å². The van der Waals surface area contributed by atoms with Gasteiger partial charge in [-0.05, 0) is 59.2 Å². The van der Waals surface area contributed by atoms with Crippen LogP contribution in [0.2, 0.25) is 0 Å². The van der Waals surface area contributed by atoms with Gasteiger partial charge in [0.15, 0.2) is 0 Å². The molecule has 138 valence electrons. The van der Waals surface area contributed by atoms with Gasteiger partial charge in [-0.2, -0.15) is 0 Å². The monoisotopic (exact) mass is 366 g/mol. The van der Waals surface area contributed by atoms with Crippen molar-refractivity contribution in [2.24, 2.45) is 0 Å². The summed E-state index contributed by atoms with van der Waals surface area (Å²) in [5, 5.41) is 8.99. The van der Waals surface area contributed by atoms with E-state index in [2.05, 4.69) is 53.1 Å². The maximum absolute atomic E-state index is 12.4. The van der Waals surface area contributed by atoms with E-state index < -0.39 is 0 Å². The third-order valence-corrected chi connectivity index (χ3v) is 4.91. The predicted molar refractivity (Wildman–Crippen MR) is 117 cm³/mol. The SMILES string of the molecule is Cc1c(NCc2ccc3ccccc3c2)cccc1NC(=O)c1ccccc1. The van der Waals surface area contributed by atoms with E-state index in [0.717, 1.165) is 23.5 Å². The van der Waals surface area contributed by atoms with E-state index in [-0.39, 0.29) is 5.91 Å². The second kappa shape index (κ2) is 7.97. The van der Waals surface area contributed by atoms with Crippen LogP contribution in [0.15, 0.2) is 91.0 Å². The van der Waals surface area contributed by atoms with Gasteiger partial charge in [-0.15, -0.1) is 0 Å². The van der Waals surface area contributed by atoms with E-state index in [1.807, 2.05) is 55.5 Å². The summed E-state index contributed by atoms with van der Waals surface area (Å²) in [4.78, 5) is 12.4. The zero-order chi connectivity index (χ0) is 19.3. The molecule has 2 N–H and O–H groups in total. The zero-order valence-corrected chi connectivity index (χ0v) is 15.8. The molecular formula is C25H22N2O. The third-order valence-electron chi connectivity index (χ3n) is 4.91. The van der Waals surface area contributed by atoms with Crippen molar-refractivity contribution in [2.75, 3.05) is 10.6 Å². The maximum atomic E-state index is 12.4. The number of nitrogens with one attached hydrogen (secondary N) is 2. The first kappa shape index (κ1) is 17.8. The second-order valence-electron chi connectivity index (χ2n) is 6.83. The van der Waals surface area contributed by atoms with Gasteiger partial charge in [0, 0.05) is 23.5 Å². The normalized spacial score (nSPS) is 10.6. The fourth-order valence-corrected chi connectivity index (χ4v) is 3.29. The molecule has 0 atom stereocenters. The summed E-state index contributed by atoms with van der Waals surface area (Å²) in [6.45, 7) is 2.74. The molecule has 28 heavy (non-hydrogen) atoms. The Kier molecular flexibility index (Phi) is 5.07. The third kappa shape index (κ3) is 3.89. The molecule has 0 aliphatic heterocycles. The Morgan fingerprint density at radius 2 is 1.46 bits per heavy atom. The van der Waals surface area contributed by atoms with Gasteiger partial charge in [0.2, 0.25) is 0 Å². The van der Waals surface area contributed by atoms with Gasteiger partial charge in [0.25, 0.3) is 5.91 Å². The number of hydrogen-bond acceptors (Lipinski definition) is 2. The molecule has 0 saturated heterocycles. The highest BCUT2D eigenvalue weighted by Crippen LogP contribution is 2.25. The molecule has 0 aliphatic rings. The Bertz CT molecular complexity index is 1120. The van der Waals surface area contributed by atoms with E-state index in [1.165, 1.54) is 16.3 Å². The number of hydrogen-bond donors (Lipinski definition) is 2. The molecule has 0 fully saturated rings. The largest absolute Gasteiger partial charge is 0.381 e. The van der Waals surface area contributed by atoms with Crippen LogP contribution >= 0.6 is 0 Å². The molecule has 0 radical (unpaired) electrons. The van der Waals surface area contributed by atoms with Gasteiger partial charge in [0.1, 0.15) is 0 Å². The minimum Gasteiger partial charge on any atom is -0.381 e. The standard InChI is InChI=1S/C25H22N2O/c1-18-23(26-17-19-14-15-20-8-5-6-11-22(20)16-19)12-7-13-24(18)27-25(28)21-9-3-2-4-10-21/h2-16,26H,17H2,1H3,(H,27,28). The molecule has 0 aromatic heterocycles. The first-order chi connectivity index (χ1) is 13.7. The molecule has 0 spiro atoms.